The normalized spacial score (nSPS) is 11.1. The van der Waals surface area contributed by atoms with Gasteiger partial charge in [0, 0.05) is 26.9 Å². The van der Waals surface area contributed by atoms with Crippen LogP contribution in [0, 0.1) is 13.8 Å². The number of amides is 1. The summed E-state index contributed by atoms with van der Waals surface area (Å²) in [7, 11) is 1.55. The van der Waals surface area contributed by atoms with Crippen LogP contribution in [0.2, 0.25) is 5.02 Å². The average Bonchev–Trinajstić information content (AvgIpc) is 3.24. The summed E-state index contributed by atoms with van der Waals surface area (Å²) in [4.78, 5) is 13.8. The SMILES string of the molecule is COc1ccc(Cl)cc1NC(=O)CSc1nnc(-c2csc(C)c2C)n1C(C)C. The molecule has 9 heteroatoms. The van der Waals surface area contributed by atoms with Crippen molar-refractivity contribution in [1.82, 2.24) is 14.8 Å². The van der Waals surface area contributed by atoms with Gasteiger partial charge in [0.2, 0.25) is 5.91 Å². The number of halogens is 1. The lowest BCUT2D eigenvalue weighted by Crippen LogP contribution is -2.15. The first kappa shape index (κ1) is 21.7. The van der Waals surface area contributed by atoms with Crippen LogP contribution < -0.4 is 10.1 Å². The second-order valence-electron chi connectivity index (χ2n) is 6.78. The lowest BCUT2D eigenvalue weighted by atomic mass is 10.1. The Kier molecular flexibility index (Phi) is 6.87. The maximum absolute atomic E-state index is 12.5. The van der Waals surface area contributed by atoms with E-state index < -0.39 is 0 Å². The summed E-state index contributed by atoms with van der Waals surface area (Å²) in [6, 6.07) is 5.27. The van der Waals surface area contributed by atoms with E-state index in [-0.39, 0.29) is 17.7 Å². The third-order valence-corrected chi connectivity index (χ3v) is 6.67. The average molecular weight is 451 g/mol. The maximum atomic E-state index is 12.5. The molecule has 1 aromatic carbocycles. The molecule has 0 bridgehead atoms. The Morgan fingerprint density at radius 2 is 2.10 bits per heavy atom. The smallest absolute Gasteiger partial charge is 0.234 e. The van der Waals surface area contributed by atoms with E-state index in [2.05, 4.69) is 53.2 Å². The van der Waals surface area contributed by atoms with Gasteiger partial charge in [0.05, 0.1) is 18.6 Å². The van der Waals surface area contributed by atoms with Crippen molar-refractivity contribution in [2.45, 2.75) is 38.9 Å². The van der Waals surface area contributed by atoms with Crippen LogP contribution in [0.1, 0.15) is 30.3 Å². The number of benzene rings is 1. The molecule has 0 radical (unpaired) electrons. The van der Waals surface area contributed by atoms with E-state index in [1.54, 1.807) is 36.6 Å². The zero-order valence-electron chi connectivity index (χ0n) is 16.9. The van der Waals surface area contributed by atoms with Crippen LogP contribution in [0.5, 0.6) is 5.75 Å². The number of rotatable bonds is 7. The molecule has 0 fully saturated rings. The summed E-state index contributed by atoms with van der Waals surface area (Å²) in [5.74, 6) is 1.42. The summed E-state index contributed by atoms with van der Waals surface area (Å²) in [5.41, 5.74) is 2.85. The Morgan fingerprint density at radius 1 is 1.34 bits per heavy atom. The summed E-state index contributed by atoms with van der Waals surface area (Å²) in [5, 5.41) is 15.0. The van der Waals surface area contributed by atoms with Gasteiger partial charge in [0.1, 0.15) is 5.75 Å². The van der Waals surface area contributed by atoms with E-state index >= 15 is 0 Å². The van der Waals surface area contributed by atoms with Crippen molar-refractivity contribution in [2.75, 3.05) is 18.2 Å². The standard InChI is InChI=1S/C20H23ClN4O2S2/c1-11(2)25-19(15-9-28-13(4)12(15)3)23-24-20(25)29-10-18(26)22-16-8-14(21)6-7-17(16)27-5/h6-9,11H,10H2,1-5H3,(H,22,26). The number of aryl methyl sites for hydroxylation is 1. The fourth-order valence-electron chi connectivity index (χ4n) is 2.85. The number of nitrogens with zero attached hydrogens (tertiary/aromatic N) is 3. The molecular weight excluding hydrogens is 428 g/mol. The third-order valence-electron chi connectivity index (χ3n) is 4.48. The maximum Gasteiger partial charge on any atom is 0.234 e. The number of anilines is 1. The van der Waals surface area contributed by atoms with Gasteiger partial charge in [-0.15, -0.1) is 21.5 Å². The minimum Gasteiger partial charge on any atom is -0.495 e. The molecule has 29 heavy (non-hydrogen) atoms. The van der Waals surface area contributed by atoms with Gasteiger partial charge in [-0.2, -0.15) is 0 Å². The van der Waals surface area contributed by atoms with Crippen LogP contribution in [0.25, 0.3) is 11.4 Å². The van der Waals surface area contributed by atoms with Gasteiger partial charge in [0.25, 0.3) is 0 Å². The highest BCUT2D eigenvalue weighted by Crippen LogP contribution is 2.34. The molecule has 0 aliphatic rings. The first-order chi connectivity index (χ1) is 13.8. The van der Waals surface area contributed by atoms with Gasteiger partial charge in [-0.05, 0) is 51.5 Å². The number of nitrogens with one attached hydrogen (secondary N) is 1. The summed E-state index contributed by atoms with van der Waals surface area (Å²) < 4.78 is 7.35. The highest BCUT2D eigenvalue weighted by Gasteiger charge is 2.20. The highest BCUT2D eigenvalue weighted by atomic mass is 35.5. The minimum absolute atomic E-state index is 0.165. The second kappa shape index (κ2) is 9.19. The molecule has 0 aliphatic carbocycles. The fraction of sp³-hybridized carbons (Fsp3) is 0.350. The number of hydrogen-bond donors (Lipinski definition) is 1. The molecule has 0 saturated carbocycles. The third kappa shape index (κ3) is 4.76. The Morgan fingerprint density at radius 3 is 2.72 bits per heavy atom. The van der Waals surface area contributed by atoms with Crippen LogP contribution in [0.15, 0.2) is 28.7 Å². The van der Waals surface area contributed by atoms with E-state index in [4.69, 9.17) is 16.3 Å². The molecule has 154 valence electrons. The van der Waals surface area contributed by atoms with Crippen LogP contribution in [-0.2, 0) is 4.79 Å². The van der Waals surface area contributed by atoms with Crippen molar-refractivity contribution in [1.29, 1.82) is 0 Å². The molecule has 2 aromatic heterocycles. The van der Waals surface area contributed by atoms with Crippen molar-refractivity contribution < 1.29 is 9.53 Å². The van der Waals surface area contributed by atoms with Crippen molar-refractivity contribution in [3.63, 3.8) is 0 Å². The highest BCUT2D eigenvalue weighted by molar-refractivity contribution is 7.99. The molecule has 2 heterocycles. The summed E-state index contributed by atoms with van der Waals surface area (Å²) >= 11 is 9.09. The van der Waals surface area contributed by atoms with Crippen LogP contribution in [-0.4, -0.2) is 33.5 Å². The second-order valence-corrected chi connectivity index (χ2v) is 9.24. The lowest BCUT2D eigenvalue weighted by Gasteiger charge is -2.14. The van der Waals surface area contributed by atoms with E-state index in [9.17, 15) is 4.79 Å². The zero-order valence-corrected chi connectivity index (χ0v) is 19.3. The molecule has 1 N–H and O–H groups in total. The van der Waals surface area contributed by atoms with Gasteiger partial charge >= 0.3 is 0 Å². The number of ether oxygens (including phenoxy) is 1. The summed E-state index contributed by atoms with van der Waals surface area (Å²) in [6.45, 7) is 8.37. The molecule has 3 aromatic rings. The van der Waals surface area contributed by atoms with Crippen LogP contribution in [0.3, 0.4) is 0 Å². The predicted octanol–water partition coefficient (Wildman–Crippen LogP) is 5.60. The van der Waals surface area contributed by atoms with E-state index in [1.165, 1.54) is 22.2 Å². The van der Waals surface area contributed by atoms with Gasteiger partial charge in [-0.25, -0.2) is 0 Å². The molecule has 0 saturated heterocycles. The van der Waals surface area contributed by atoms with Crippen molar-refractivity contribution >= 4 is 46.3 Å². The van der Waals surface area contributed by atoms with E-state index in [0.29, 0.717) is 21.6 Å². The minimum atomic E-state index is -0.169. The first-order valence-electron chi connectivity index (χ1n) is 9.08. The number of thioether (sulfide) groups is 1. The Hall–Kier alpha value is -2.03. The van der Waals surface area contributed by atoms with Gasteiger partial charge in [0.15, 0.2) is 11.0 Å². The number of methoxy groups -OCH3 is 1. The molecule has 0 spiro atoms. The van der Waals surface area contributed by atoms with Crippen molar-refractivity contribution in [2.24, 2.45) is 0 Å². The lowest BCUT2D eigenvalue weighted by molar-refractivity contribution is -0.113. The number of carbonyl (C=O) groups is 1. The Bertz CT molecular complexity index is 1030. The number of aromatic nitrogens is 3. The number of carbonyl (C=O) groups excluding carboxylic acids is 1. The topological polar surface area (TPSA) is 69.0 Å². The van der Waals surface area contributed by atoms with Crippen molar-refractivity contribution in [3.05, 3.63) is 39.0 Å². The Balaban J connectivity index is 1.77. The molecule has 3 rings (SSSR count). The fourth-order valence-corrected chi connectivity index (χ4v) is 4.76. The summed E-state index contributed by atoms with van der Waals surface area (Å²) in [6.07, 6.45) is 0. The molecule has 0 aliphatic heterocycles. The molecule has 0 atom stereocenters. The molecule has 6 nitrogen and oxygen atoms in total. The number of thiophene rings is 1. The molecule has 1 amide bonds. The quantitative estimate of drug-likeness (QED) is 0.474. The van der Waals surface area contributed by atoms with Crippen molar-refractivity contribution in [3.8, 4) is 17.1 Å². The number of hydrogen-bond acceptors (Lipinski definition) is 6. The first-order valence-corrected chi connectivity index (χ1v) is 11.3. The predicted molar refractivity (Wildman–Crippen MR) is 121 cm³/mol. The Labute approximate surface area is 183 Å². The zero-order chi connectivity index (χ0) is 21.1. The van der Waals surface area contributed by atoms with Gasteiger partial charge < -0.3 is 10.1 Å². The monoisotopic (exact) mass is 450 g/mol. The van der Waals surface area contributed by atoms with Crippen LogP contribution >= 0.6 is 34.7 Å². The van der Waals surface area contributed by atoms with Crippen LogP contribution in [0.4, 0.5) is 5.69 Å². The van der Waals surface area contributed by atoms with Gasteiger partial charge in [-0.1, -0.05) is 23.4 Å². The molecule has 0 unspecified atom stereocenters. The van der Waals surface area contributed by atoms with E-state index in [0.717, 1.165) is 11.4 Å². The van der Waals surface area contributed by atoms with Gasteiger partial charge in [-0.3, -0.25) is 9.36 Å². The largest absolute Gasteiger partial charge is 0.495 e. The molecular formula is C20H23ClN4O2S2. The van der Waals surface area contributed by atoms with E-state index in [1.807, 2.05) is 0 Å².